The summed E-state index contributed by atoms with van der Waals surface area (Å²) in [6, 6.07) is 20.0. The lowest BCUT2D eigenvalue weighted by Gasteiger charge is -2.20. The summed E-state index contributed by atoms with van der Waals surface area (Å²) >= 11 is 0. The van der Waals surface area contributed by atoms with E-state index in [1.807, 2.05) is 53.2 Å². The molecule has 106 valence electrons. The summed E-state index contributed by atoms with van der Waals surface area (Å²) < 4.78 is 1.81. The highest BCUT2D eigenvalue weighted by molar-refractivity contribution is 5.33. The maximum absolute atomic E-state index is 6.45. The van der Waals surface area contributed by atoms with Crippen molar-refractivity contribution in [3.63, 3.8) is 0 Å². The predicted molar refractivity (Wildman–Crippen MR) is 83.1 cm³/mol. The Morgan fingerprint density at radius 2 is 1.57 bits per heavy atom. The minimum absolute atomic E-state index is 0.164. The molecule has 0 aliphatic heterocycles. The van der Waals surface area contributed by atoms with Gasteiger partial charge in [0.05, 0.1) is 23.6 Å². The van der Waals surface area contributed by atoms with Gasteiger partial charge in [-0.1, -0.05) is 60.7 Å². The highest BCUT2D eigenvalue weighted by Gasteiger charge is 2.21. The highest BCUT2D eigenvalue weighted by atomic mass is 15.4. The van der Waals surface area contributed by atoms with E-state index in [4.69, 9.17) is 5.73 Å². The van der Waals surface area contributed by atoms with E-state index in [1.54, 1.807) is 6.20 Å². The Labute approximate surface area is 124 Å². The Morgan fingerprint density at radius 1 is 0.952 bits per heavy atom. The molecule has 21 heavy (non-hydrogen) atoms. The number of nitrogens with zero attached hydrogens (tertiary/aromatic N) is 3. The Morgan fingerprint density at radius 3 is 2.24 bits per heavy atom. The van der Waals surface area contributed by atoms with Crippen molar-refractivity contribution in [3.8, 4) is 5.69 Å². The van der Waals surface area contributed by atoms with Crippen molar-refractivity contribution >= 4 is 0 Å². The van der Waals surface area contributed by atoms with Gasteiger partial charge in [0, 0.05) is 5.92 Å². The average molecular weight is 278 g/mol. The molecule has 3 rings (SSSR count). The summed E-state index contributed by atoms with van der Waals surface area (Å²) in [5.41, 5.74) is 9.55. The molecule has 3 aromatic rings. The number of para-hydroxylation sites is 1. The zero-order valence-electron chi connectivity index (χ0n) is 11.9. The quantitative estimate of drug-likeness (QED) is 0.798. The van der Waals surface area contributed by atoms with Crippen molar-refractivity contribution in [3.05, 3.63) is 78.1 Å². The van der Waals surface area contributed by atoms with Gasteiger partial charge in [-0.3, -0.25) is 0 Å². The summed E-state index contributed by atoms with van der Waals surface area (Å²) in [5, 5.41) is 8.20. The van der Waals surface area contributed by atoms with Gasteiger partial charge in [0.1, 0.15) is 0 Å². The standard InChI is InChI=1S/C17H18N4/c1-13(14-8-4-2-5-9-14)17(18)16-12-19-20-21(16)15-10-6-3-7-11-15/h2-13,17H,18H2,1H3. The lowest BCUT2D eigenvalue weighted by molar-refractivity contribution is 0.562. The third-order valence-corrected chi connectivity index (χ3v) is 3.78. The van der Waals surface area contributed by atoms with Gasteiger partial charge < -0.3 is 5.73 Å². The van der Waals surface area contributed by atoms with Gasteiger partial charge >= 0.3 is 0 Å². The average Bonchev–Trinajstić information content (AvgIpc) is 3.04. The summed E-state index contributed by atoms with van der Waals surface area (Å²) in [4.78, 5) is 0. The highest BCUT2D eigenvalue weighted by Crippen LogP contribution is 2.28. The van der Waals surface area contributed by atoms with E-state index in [2.05, 4.69) is 29.4 Å². The van der Waals surface area contributed by atoms with Gasteiger partial charge in [-0.25, -0.2) is 4.68 Å². The zero-order valence-corrected chi connectivity index (χ0v) is 11.9. The molecule has 2 unspecified atom stereocenters. The van der Waals surface area contributed by atoms with Crippen LogP contribution < -0.4 is 5.73 Å². The fourth-order valence-electron chi connectivity index (χ4n) is 2.46. The molecular formula is C17H18N4. The van der Waals surface area contributed by atoms with E-state index < -0.39 is 0 Å². The molecule has 0 radical (unpaired) electrons. The molecule has 2 aromatic carbocycles. The lowest BCUT2D eigenvalue weighted by Crippen LogP contribution is -2.21. The molecular weight excluding hydrogens is 260 g/mol. The normalized spacial score (nSPS) is 13.8. The number of hydrogen-bond acceptors (Lipinski definition) is 3. The second-order valence-electron chi connectivity index (χ2n) is 5.13. The molecule has 4 nitrogen and oxygen atoms in total. The van der Waals surface area contributed by atoms with Gasteiger partial charge in [-0.2, -0.15) is 0 Å². The molecule has 1 aromatic heterocycles. The third kappa shape index (κ3) is 2.71. The van der Waals surface area contributed by atoms with Crippen LogP contribution in [0.5, 0.6) is 0 Å². The molecule has 0 spiro atoms. The minimum Gasteiger partial charge on any atom is -0.322 e. The van der Waals surface area contributed by atoms with E-state index in [0.717, 1.165) is 11.4 Å². The SMILES string of the molecule is CC(c1ccccc1)C(N)c1cnnn1-c1ccccc1. The Balaban J connectivity index is 1.93. The molecule has 0 bridgehead atoms. The molecule has 2 atom stereocenters. The lowest BCUT2D eigenvalue weighted by atomic mass is 9.92. The number of benzene rings is 2. The molecule has 2 N–H and O–H groups in total. The molecule has 4 heteroatoms. The van der Waals surface area contributed by atoms with Crippen molar-refractivity contribution in [1.29, 1.82) is 0 Å². The largest absolute Gasteiger partial charge is 0.322 e. The molecule has 0 aliphatic rings. The van der Waals surface area contributed by atoms with Crippen LogP contribution in [0.1, 0.15) is 30.1 Å². The zero-order chi connectivity index (χ0) is 14.7. The third-order valence-electron chi connectivity index (χ3n) is 3.78. The van der Waals surface area contributed by atoms with Crippen molar-refractivity contribution in [2.24, 2.45) is 5.73 Å². The maximum atomic E-state index is 6.45. The predicted octanol–water partition coefficient (Wildman–Crippen LogP) is 3.07. The Hall–Kier alpha value is -2.46. The van der Waals surface area contributed by atoms with Crippen LogP contribution >= 0.6 is 0 Å². The van der Waals surface area contributed by atoms with Crippen molar-refractivity contribution < 1.29 is 0 Å². The summed E-state index contributed by atoms with van der Waals surface area (Å²) in [6.07, 6.45) is 1.75. The molecule has 0 saturated carbocycles. The van der Waals surface area contributed by atoms with Crippen LogP contribution in [-0.2, 0) is 0 Å². The first-order valence-electron chi connectivity index (χ1n) is 7.04. The van der Waals surface area contributed by atoms with E-state index in [0.29, 0.717) is 0 Å². The first-order chi connectivity index (χ1) is 10.3. The summed E-state index contributed by atoms with van der Waals surface area (Å²) in [6.45, 7) is 2.13. The van der Waals surface area contributed by atoms with Gasteiger partial charge in [0.15, 0.2) is 0 Å². The van der Waals surface area contributed by atoms with Crippen LogP contribution in [-0.4, -0.2) is 15.0 Å². The van der Waals surface area contributed by atoms with E-state index in [9.17, 15) is 0 Å². The number of hydrogen-bond donors (Lipinski definition) is 1. The summed E-state index contributed by atoms with van der Waals surface area (Å²) in [7, 11) is 0. The summed E-state index contributed by atoms with van der Waals surface area (Å²) in [5.74, 6) is 0.187. The monoisotopic (exact) mass is 278 g/mol. The van der Waals surface area contributed by atoms with E-state index in [-0.39, 0.29) is 12.0 Å². The maximum Gasteiger partial charge on any atom is 0.0819 e. The minimum atomic E-state index is -0.164. The van der Waals surface area contributed by atoms with Crippen LogP contribution in [0.3, 0.4) is 0 Å². The van der Waals surface area contributed by atoms with Crippen LogP contribution in [0.2, 0.25) is 0 Å². The Bertz CT molecular complexity index is 691. The smallest absolute Gasteiger partial charge is 0.0819 e. The second-order valence-corrected chi connectivity index (χ2v) is 5.13. The van der Waals surface area contributed by atoms with E-state index in [1.165, 1.54) is 5.56 Å². The molecule has 1 heterocycles. The number of rotatable bonds is 4. The van der Waals surface area contributed by atoms with Crippen LogP contribution in [0.4, 0.5) is 0 Å². The van der Waals surface area contributed by atoms with Gasteiger partial charge in [-0.15, -0.1) is 5.10 Å². The van der Waals surface area contributed by atoms with Crippen LogP contribution in [0, 0.1) is 0 Å². The topological polar surface area (TPSA) is 56.7 Å². The van der Waals surface area contributed by atoms with Gasteiger partial charge in [0.25, 0.3) is 0 Å². The second kappa shape index (κ2) is 5.89. The van der Waals surface area contributed by atoms with Gasteiger partial charge in [-0.05, 0) is 17.7 Å². The van der Waals surface area contributed by atoms with E-state index >= 15 is 0 Å². The molecule has 0 aliphatic carbocycles. The van der Waals surface area contributed by atoms with Crippen LogP contribution in [0.25, 0.3) is 5.69 Å². The Kier molecular flexibility index (Phi) is 3.79. The van der Waals surface area contributed by atoms with Gasteiger partial charge in [0.2, 0.25) is 0 Å². The van der Waals surface area contributed by atoms with Crippen molar-refractivity contribution in [2.45, 2.75) is 18.9 Å². The van der Waals surface area contributed by atoms with Crippen molar-refractivity contribution in [2.75, 3.05) is 0 Å². The molecule has 0 saturated heterocycles. The number of aromatic nitrogens is 3. The molecule has 0 amide bonds. The fraction of sp³-hybridized carbons (Fsp3) is 0.176. The van der Waals surface area contributed by atoms with Crippen LogP contribution in [0.15, 0.2) is 66.9 Å². The number of nitrogens with two attached hydrogens (primary N) is 1. The fourth-order valence-corrected chi connectivity index (χ4v) is 2.46. The van der Waals surface area contributed by atoms with Crippen molar-refractivity contribution in [1.82, 2.24) is 15.0 Å². The first-order valence-corrected chi connectivity index (χ1v) is 7.04. The molecule has 0 fully saturated rings. The first kappa shape index (κ1) is 13.5.